The molecule has 0 aliphatic carbocycles. The van der Waals surface area contributed by atoms with Crippen molar-refractivity contribution in [2.24, 2.45) is 0 Å². The fourth-order valence-electron chi connectivity index (χ4n) is 1.62. The highest BCUT2D eigenvalue weighted by molar-refractivity contribution is 7.13. The monoisotopic (exact) mass is 319 g/mol. The van der Waals surface area contributed by atoms with Gasteiger partial charge in [-0.1, -0.05) is 11.2 Å². The van der Waals surface area contributed by atoms with Crippen molar-refractivity contribution in [1.82, 2.24) is 15.0 Å². The number of hydrogen-bond acceptors (Lipinski definition) is 5. The molecular weight excluding hydrogens is 307 g/mol. The first-order chi connectivity index (χ1) is 9.85. The van der Waals surface area contributed by atoms with Gasteiger partial charge in [0.2, 0.25) is 17.6 Å². The van der Waals surface area contributed by atoms with Crippen molar-refractivity contribution < 1.29 is 22.5 Å². The van der Waals surface area contributed by atoms with Gasteiger partial charge in [0.1, 0.15) is 6.54 Å². The van der Waals surface area contributed by atoms with Gasteiger partial charge in [0.05, 0.1) is 4.88 Å². The highest BCUT2D eigenvalue weighted by Gasteiger charge is 2.31. The van der Waals surface area contributed by atoms with Gasteiger partial charge < -0.3 is 9.42 Å². The molecule has 9 heteroatoms. The summed E-state index contributed by atoms with van der Waals surface area (Å²) in [5.74, 6) is 0.0199. The summed E-state index contributed by atoms with van der Waals surface area (Å²) in [4.78, 5) is 17.1. The summed E-state index contributed by atoms with van der Waals surface area (Å²) in [7, 11) is 1.11. The molecular formula is C12H12F3N3O2S. The van der Waals surface area contributed by atoms with Crippen molar-refractivity contribution in [2.75, 3.05) is 13.6 Å². The molecule has 0 N–H and O–H groups in total. The third-order valence-electron chi connectivity index (χ3n) is 2.60. The van der Waals surface area contributed by atoms with E-state index >= 15 is 0 Å². The molecule has 0 aliphatic rings. The standard InChI is InChI=1S/C12H12F3N3O2S/c1-18(7-12(13,14)15)10(19)5-4-9-16-11(17-20-9)8-3-2-6-21-8/h2-3,6H,4-5,7H2,1H3. The molecule has 0 aromatic carbocycles. The van der Waals surface area contributed by atoms with E-state index in [9.17, 15) is 18.0 Å². The van der Waals surface area contributed by atoms with Crippen LogP contribution in [0.5, 0.6) is 0 Å². The van der Waals surface area contributed by atoms with Gasteiger partial charge in [-0.25, -0.2) is 0 Å². The molecule has 0 aliphatic heterocycles. The molecule has 0 unspecified atom stereocenters. The van der Waals surface area contributed by atoms with E-state index in [-0.39, 0.29) is 18.7 Å². The number of carbonyl (C=O) groups is 1. The highest BCUT2D eigenvalue weighted by Crippen LogP contribution is 2.21. The number of amides is 1. The van der Waals surface area contributed by atoms with Crippen LogP contribution in [0.25, 0.3) is 10.7 Å². The predicted molar refractivity (Wildman–Crippen MR) is 69.6 cm³/mol. The van der Waals surface area contributed by atoms with Crippen LogP contribution in [0.4, 0.5) is 13.2 Å². The van der Waals surface area contributed by atoms with Crippen molar-refractivity contribution in [3.8, 4) is 10.7 Å². The summed E-state index contributed by atoms with van der Waals surface area (Å²) >= 11 is 1.44. The minimum atomic E-state index is -4.40. The maximum Gasteiger partial charge on any atom is 0.406 e. The van der Waals surface area contributed by atoms with E-state index in [4.69, 9.17) is 4.52 Å². The molecule has 0 atom stereocenters. The molecule has 21 heavy (non-hydrogen) atoms. The lowest BCUT2D eigenvalue weighted by atomic mass is 10.3. The number of aryl methyl sites for hydroxylation is 1. The van der Waals surface area contributed by atoms with E-state index in [0.29, 0.717) is 10.7 Å². The summed E-state index contributed by atoms with van der Waals surface area (Å²) in [6.07, 6.45) is -4.40. The molecule has 1 amide bonds. The first-order valence-corrected chi connectivity index (χ1v) is 6.90. The normalized spacial score (nSPS) is 11.6. The fraction of sp³-hybridized carbons (Fsp3) is 0.417. The number of hydrogen-bond donors (Lipinski definition) is 0. The van der Waals surface area contributed by atoms with Gasteiger partial charge in [-0.3, -0.25) is 4.79 Å². The Morgan fingerprint density at radius 3 is 2.86 bits per heavy atom. The smallest absolute Gasteiger partial charge is 0.339 e. The number of halogens is 3. The first kappa shape index (κ1) is 15.5. The van der Waals surface area contributed by atoms with Crippen LogP contribution in [0.2, 0.25) is 0 Å². The van der Waals surface area contributed by atoms with Gasteiger partial charge in [0.25, 0.3) is 0 Å². The van der Waals surface area contributed by atoms with E-state index in [1.54, 1.807) is 0 Å². The van der Waals surface area contributed by atoms with E-state index in [1.807, 2.05) is 17.5 Å². The van der Waals surface area contributed by atoms with Gasteiger partial charge in [-0.05, 0) is 11.4 Å². The Balaban J connectivity index is 1.87. The van der Waals surface area contributed by atoms with Crippen LogP contribution < -0.4 is 0 Å². The van der Waals surface area contributed by atoms with Gasteiger partial charge in [-0.15, -0.1) is 11.3 Å². The number of nitrogens with zero attached hydrogens (tertiary/aromatic N) is 3. The number of aromatic nitrogens is 2. The highest BCUT2D eigenvalue weighted by atomic mass is 32.1. The van der Waals surface area contributed by atoms with Crippen LogP contribution >= 0.6 is 11.3 Å². The van der Waals surface area contributed by atoms with Crippen LogP contribution in [-0.4, -0.2) is 40.7 Å². The van der Waals surface area contributed by atoms with Crippen molar-refractivity contribution in [3.05, 3.63) is 23.4 Å². The Morgan fingerprint density at radius 1 is 1.48 bits per heavy atom. The Kier molecular flexibility index (Phi) is 4.61. The molecule has 0 spiro atoms. The molecule has 0 saturated carbocycles. The molecule has 0 bridgehead atoms. The summed E-state index contributed by atoms with van der Waals surface area (Å²) in [6, 6.07) is 3.66. The zero-order valence-electron chi connectivity index (χ0n) is 11.1. The summed E-state index contributed by atoms with van der Waals surface area (Å²) in [5, 5.41) is 5.62. The SMILES string of the molecule is CN(CC(F)(F)F)C(=O)CCc1nc(-c2cccs2)no1. The molecule has 2 aromatic rings. The van der Waals surface area contributed by atoms with E-state index in [0.717, 1.165) is 11.9 Å². The Morgan fingerprint density at radius 2 is 2.24 bits per heavy atom. The predicted octanol–water partition coefficient (Wildman–Crippen LogP) is 2.75. The topological polar surface area (TPSA) is 59.2 Å². The van der Waals surface area contributed by atoms with Gasteiger partial charge in [0, 0.05) is 19.9 Å². The molecule has 114 valence electrons. The molecule has 2 heterocycles. The molecule has 0 radical (unpaired) electrons. The van der Waals surface area contributed by atoms with Gasteiger partial charge in [0.15, 0.2) is 0 Å². The minimum Gasteiger partial charge on any atom is -0.339 e. The molecule has 2 aromatic heterocycles. The second kappa shape index (κ2) is 6.25. The molecule has 0 saturated heterocycles. The van der Waals surface area contributed by atoms with E-state index < -0.39 is 18.6 Å². The Hall–Kier alpha value is -1.90. The average Bonchev–Trinajstić information content (AvgIpc) is 3.04. The second-order valence-electron chi connectivity index (χ2n) is 4.35. The lowest BCUT2D eigenvalue weighted by Crippen LogP contribution is -2.35. The molecule has 0 fully saturated rings. The zero-order valence-corrected chi connectivity index (χ0v) is 11.9. The van der Waals surface area contributed by atoms with E-state index in [1.165, 1.54) is 11.3 Å². The van der Waals surface area contributed by atoms with Crippen LogP contribution in [0.15, 0.2) is 22.0 Å². The van der Waals surface area contributed by atoms with Crippen LogP contribution in [0.3, 0.4) is 0 Å². The van der Waals surface area contributed by atoms with E-state index in [2.05, 4.69) is 10.1 Å². The third kappa shape index (κ3) is 4.55. The largest absolute Gasteiger partial charge is 0.406 e. The van der Waals surface area contributed by atoms with Gasteiger partial charge in [-0.2, -0.15) is 18.2 Å². The molecule has 5 nitrogen and oxygen atoms in total. The maximum atomic E-state index is 12.2. The zero-order chi connectivity index (χ0) is 15.5. The minimum absolute atomic E-state index is 0.111. The summed E-state index contributed by atoms with van der Waals surface area (Å²) in [6.45, 7) is -1.27. The van der Waals surface area contributed by atoms with Crippen LogP contribution in [0.1, 0.15) is 12.3 Å². The lowest BCUT2D eigenvalue weighted by molar-refractivity contribution is -0.158. The summed E-state index contributed by atoms with van der Waals surface area (Å²) in [5.41, 5.74) is 0. The number of carbonyl (C=O) groups excluding carboxylic acids is 1. The third-order valence-corrected chi connectivity index (χ3v) is 3.47. The quantitative estimate of drug-likeness (QED) is 0.850. The average molecular weight is 319 g/mol. The first-order valence-electron chi connectivity index (χ1n) is 6.02. The Labute approximate surface area is 122 Å². The van der Waals surface area contributed by atoms with Crippen molar-refractivity contribution in [1.29, 1.82) is 0 Å². The summed E-state index contributed by atoms with van der Waals surface area (Å²) < 4.78 is 41.4. The van der Waals surface area contributed by atoms with Crippen molar-refractivity contribution in [3.63, 3.8) is 0 Å². The van der Waals surface area contributed by atoms with Crippen LogP contribution in [0, 0.1) is 0 Å². The fourth-order valence-corrected chi connectivity index (χ4v) is 2.27. The number of thiophene rings is 1. The number of rotatable bonds is 5. The lowest BCUT2D eigenvalue weighted by Gasteiger charge is -2.18. The van der Waals surface area contributed by atoms with Crippen LogP contribution in [-0.2, 0) is 11.2 Å². The van der Waals surface area contributed by atoms with Crippen molar-refractivity contribution >= 4 is 17.2 Å². The molecule has 2 rings (SSSR count). The Bertz CT molecular complexity index is 595. The second-order valence-corrected chi connectivity index (χ2v) is 5.30. The van der Waals surface area contributed by atoms with Gasteiger partial charge >= 0.3 is 6.18 Å². The maximum absolute atomic E-state index is 12.2. The van der Waals surface area contributed by atoms with Crippen molar-refractivity contribution in [2.45, 2.75) is 19.0 Å². The number of alkyl halides is 3.